The first kappa shape index (κ1) is 15.6. The van der Waals surface area contributed by atoms with Crippen LogP contribution < -0.4 is 10.5 Å². The minimum atomic E-state index is -0.245. The second-order valence-electron chi connectivity index (χ2n) is 5.93. The van der Waals surface area contributed by atoms with E-state index in [2.05, 4.69) is 51.9 Å². The Labute approximate surface area is 126 Å². The van der Waals surface area contributed by atoms with Crippen LogP contribution in [0.15, 0.2) is 18.3 Å². The van der Waals surface area contributed by atoms with E-state index in [-0.39, 0.29) is 12.1 Å². The van der Waals surface area contributed by atoms with Crippen molar-refractivity contribution in [3.05, 3.63) is 46.3 Å². The molecule has 0 aliphatic carbocycles. The third-order valence-electron chi connectivity index (χ3n) is 3.85. The van der Waals surface area contributed by atoms with Crippen molar-refractivity contribution < 1.29 is 4.74 Å². The number of aromatic nitrogens is 2. The average Bonchev–Trinajstić information content (AvgIpc) is 2.80. The zero-order chi connectivity index (χ0) is 15.7. The molecule has 4 nitrogen and oxygen atoms in total. The molecule has 0 saturated heterocycles. The van der Waals surface area contributed by atoms with Crippen LogP contribution >= 0.6 is 0 Å². The molecule has 0 spiro atoms. The number of methoxy groups -OCH3 is 1. The molecular formula is C17H25N3O. The standard InChI is InChI=1S/C17H25N3O/c1-10(2)20-17(14(21-6)9-19-20)16(18)15-12(4)7-11(3)8-13(15)5/h7-10,16H,18H2,1-6H3. The second kappa shape index (κ2) is 5.90. The fourth-order valence-corrected chi connectivity index (χ4v) is 3.04. The van der Waals surface area contributed by atoms with Crippen molar-refractivity contribution in [1.82, 2.24) is 9.78 Å². The van der Waals surface area contributed by atoms with Gasteiger partial charge in [0.15, 0.2) is 5.75 Å². The average molecular weight is 287 g/mol. The molecular weight excluding hydrogens is 262 g/mol. The van der Waals surface area contributed by atoms with Crippen LogP contribution in [-0.2, 0) is 0 Å². The van der Waals surface area contributed by atoms with Gasteiger partial charge in [-0.15, -0.1) is 0 Å². The van der Waals surface area contributed by atoms with Gasteiger partial charge in [0, 0.05) is 6.04 Å². The molecule has 21 heavy (non-hydrogen) atoms. The number of hydrogen-bond donors (Lipinski definition) is 1. The van der Waals surface area contributed by atoms with E-state index < -0.39 is 0 Å². The molecule has 0 fully saturated rings. The molecule has 0 aliphatic rings. The van der Waals surface area contributed by atoms with E-state index in [0.29, 0.717) is 0 Å². The van der Waals surface area contributed by atoms with Crippen LogP contribution in [0.3, 0.4) is 0 Å². The van der Waals surface area contributed by atoms with Gasteiger partial charge in [-0.25, -0.2) is 0 Å². The highest BCUT2D eigenvalue weighted by Gasteiger charge is 2.24. The number of rotatable bonds is 4. The molecule has 0 aliphatic heterocycles. The van der Waals surface area contributed by atoms with Crippen LogP contribution in [0.5, 0.6) is 5.75 Å². The maximum Gasteiger partial charge on any atom is 0.161 e. The molecule has 4 heteroatoms. The highest BCUT2D eigenvalue weighted by atomic mass is 16.5. The van der Waals surface area contributed by atoms with Crippen molar-refractivity contribution >= 4 is 0 Å². The smallest absolute Gasteiger partial charge is 0.161 e. The lowest BCUT2D eigenvalue weighted by molar-refractivity contribution is 0.400. The van der Waals surface area contributed by atoms with Crippen molar-refractivity contribution in [3.63, 3.8) is 0 Å². The molecule has 2 rings (SSSR count). The molecule has 2 N–H and O–H groups in total. The van der Waals surface area contributed by atoms with E-state index in [1.54, 1.807) is 13.3 Å². The summed E-state index contributed by atoms with van der Waals surface area (Å²) in [5.41, 5.74) is 12.3. The highest BCUT2D eigenvalue weighted by molar-refractivity contribution is 5.45. The molecule has 1 aromatic heterocycles. The van der Waals surface area contributed by atoms with Crippen molar-refractivity contribution in [3.8, 4) is 5.75 Å². The number of nitrogens with two attached hydrogens (primary N) is 1. The maximum atomic E-state index is 6.59. The number of aryl methyl sites for hydroxylation is 3. The summed E-state index contributed by atoms with van der Waals surface area (Å²) in [6.07, 6.45) is 1.74. The van der Waals surface area contributed by atoms with Crippen molar-refractivity contribution in [1.29, 1.82) is 0 Å². The summed E-state index contributed by atoms with van der Waals surface area (Å²) in [5, 5.41) is 4.42. The van der Waals surface area contributed by atoms with E-state index in [1.165, 1.54) is 16.7 Å². The van der Waals surface area contributed by atoms with Gasteiger partial charge in [0.1, 0.15) is 5.69 Å². The minimum absolute atomic E-state index is 0.237. The lowest BCUT2D eigenvalue weighted by Crippen LogP contribution is -2.21. The quantitative estimate of drug-likeness (QED) is 0.937. The number of hydrogen-bond acceptors (Lipinski definition) is 3. The van der Waals surface area contributed by atoms with Gasteiger partial charge in [-0.3, -0.25) is 4.68 Å². The molecule has 1 atom stereocenters. The Morgan fingerprint density at radius 3 is 2.19 bits per heavy atom. The number of nitrogens with zero attached hydrogens (tertiary/aromatic N) is 2. The van der Waals surface area contributed by atoms with Crippen molar-refractivity contribution in [2.24, 2.45) is 5.73 Å². The normalized spacial score (nSPS) is 12.8. The lowest BCUT2D eigenvalue weighted by atomic mass is 9.92. The molecule has 0 saturated carbocycles. The molecule has 1 unspecified atom stereocenters. The third-order valence-corrected chi connectivity index (χ3v) is 3.85. The SMILES string of the molecule is COc1cnn(C(C)C)c1C(N)c1c(C)cc(C)cc1C. The van der Waals surface area contributed by atoms with Gasteiger partial charge in [0.2, 0.25) is 0 Å². The van der Waals surface area contributed by atoms with Crippen LogP contribution in [0.25, 0.3) is 0 Å². The summed E-state index contributed by atoms with van der Waals surface area (Å²) in [6, 6.07) is 4.33. The fourth-order valence-electron chi connectivity index (χ4n) is 3.04. The first-order chi connectivity index (χ1) is 9.86. The summed E-state index contributed by atoms with van der Waals surface area (Å²) >= 11 is 0. The first-order valence-corrected chi connectivity index (χ1v) is 7.31. The lowest BCUT2D eigenvalue weighted by Gasteiger charge is -2.22. The van der Waals surface area contributed by atoms with Gasteiger partial charge in [0.25, 0.3) is 0 Å². The van der Waals surface area contributed by atoms with E-state index >= 15 is 0 Å². The van der Waals surface area contributed by atoms with Crippen LogP contribution in [0.2, 0.25) is 0 Å². The van der Waals surface area contributed by atoms with E-state index in [1.807, 2.05) is 4.68 Å². The Kier molecular flexibility index (Phi) is 4.37. The van der Waals surface area contributed by atoms with Gasteiger partial charge in [0.05, 0.1) is 19.3 Å². The minimum Gasteiger partial charge on any atom is -0.493 e. The predicted octanol–water partition coefficient (Wildman–Crippen LogP) is 3.45. The molecule has 0 radical (unpaired) electrons. The van der Waals surface area contributed by atoms with E-state index in [9.17, 15) is 0 Å². The monoisotopic (exact) mass is 287 g/mol. The predicted molar refractivity (Wildman–Crippen MR) is 85.8 cm³/mol. The number of benzene rings is 1. The van der Waals surface area contributed by atoms with Crippen LogP contribution in [-0.4, -0.2) is 16.9 Å². The zero-order valence-electron chi connectivity index (χ0n) is 13.8. The molecule has 114 valence electrons. The van der Waals surface area contributed by atoms with Crippen molar-refractivity contribution in [2.45, 2.75) is 46.7 Å². The Bertz CT molecular complexity index is 620. The van der Waals surface area contributed by atoms with Crippen LogP contribution in [0, 0.1) is 20.8 Å². The van der Waals surface area contributed by atoms with E-state index in [4.69, 9.17) is 10.5 Å². The molecule has 2 aromatic rings. The Morgan fingerprint density at radius 1 is 1.14 bits per heavy atom. The van der Waals surface area contributed by atoms with Gasteiger partial charge < -0.3 is 10.5 Å². The topological polar surface area (TPSA) is 53.1 Å². The van der Waals surface area contributed by atoms with Crippen molar-refractivity contribution in [2.75, 3.05) is 7.11 Å². The van der Waals surface area contributed by atoms with E-state index in [0.717, 1.165) is 17.0 Å². The van der Waals surface area contributed by atoms with Gasteiger partial charge >= 0.3 is 0 Å². The number of ether oxygens (including phenoxy) is 1. The summed E-state index contributed by atoms with van der Waals surface area (Å²) in [5.74, 6) is 0.746. The Morgan fingerprint density at radius 2 is 1.71 bits per heavy atom. The molecule has 1 heterocycles. The zero-order valence-corrected chi connectivity index (χ0v) is 13.8. The van der Waals surface area contributed by atoms with Gasteiger partial charge in [-0.2, -0.15) is 5.10 Å². The largest absolute Gasteiger partial charge is 0.493 e. The Hall–Kier alpha value is -1.81. The Balaban J connectivity index is 2.60. The van der Waals surface area contributed by atoms with Crippen LogP contribution in [0.4, 0.5) is 0 Å². The molecule has 0 amide bonds. The summed E-state index contributed by atoms with van der Waals surface area (Å²) in [6.45, 7) is 10.5. The maximum absolute atomic E-state index is 6.59. The summed E-state index contributed by atoms with van der Waals surface area (Å²) < 4.78 is 7.41. The highest BCUT2D eigenvalue weighted by Crippen LogP contribution is 2.33. The second-order valence-corrected chi connectivity index (χ2v) is 5.93. The third kappa shape index (κ3) is 2.81. The summed E-state index contributed by atoms with van der Waals surface area (Å²) in [7, 11) is 1.66. The van der Waals surface area contributed by atoms with Gasteiger partial charge in [-0.05, 0) is 51.3 Å². The fraction of sp³-hybridized carbons (Fsp3) is 0.471. The molecule has 1 aromatic carbocycles. The first-order valence-electron chi connectivity index (χ1n) is 7.31. The van der Waals surface area contributed by atoms with Gasteiger partial charge in [-0.1, -0.05) is 17.7 Å². The summed E-state index contributed by atoms with van der Waals surface area (Å²) in [4.78, 5) is 0. The van der Waals surface area contributed by atoms with Crippen LogP contribution in [0.1, 0.15) is 53.9 Å². The molecule has 0 bridgehead atoms.